The minimum atomic E-state index is -0.0612. The molecule has 2 aromatic carbocycles. The van der Waals surface area contributed by atoms with E-state index in [9.17, 15) is 9.59 Å². The number of amides is 2. The van der Waals surface area contributed by atoms with Crippen LogP contribution in [0.5, 0.6) is 0 Å². The Bertz CT molecular complexity index is 1140. The molecule has 0 aliphatic carbocycles. The molecule has 0 atom stereocenters. The largest absolute Gasteiger partial charge is 0.368 e. The molecule has 1 aliphatic heterocycles. The summed E-state index contributed by atoms with van der Waals surface area (Å²) in [7, 11) is 0. The van der Waals surface area contributed by atoms with Gasteiger partial charge in [-0.15, -0.1) is 0 Å². The number of hydrogen-bond donors (Lipinski definition) is 2. The first-order valence-corrected chi connectivity index (χ1v) is 12.1. The summed E-state index contributed by atoms with van der Waals surface area (Å²) in [5.74, 6) is 2.17. The fraction of sp³-hybridized carbons (Fsp3) is 0.333. The average molecular weight is 473 g/mol. The number of carbonyl (C=O) groups is 2. The molecular formula is C27H32N6O2. The van der Waals surface area contributed by atoms with E-state index < -0.39 is 0 Å². The molecule has 1 aliphatic rings. The molecule has 35 heavy (non-hydrogen) atoms. The van der Waals surface area contributed by atoms with Crippen LogP contribution in [0.25, 0.3) is 11.4 Å². The summed E-state index contributed by atoms with van der Waals surface area (Å²) in [6.07, 6.45) is 0.959. The summed E-state index contributed by atoms with van der Waals surface area (Å²) in [6, 6.07) is 19.7. The highest BCUT2D eigenvalue weighted by molar-refractivity contribution is 5.94. The predicted octanol–water partition coefficient (Wildman–Crippen LogP) is 3.22. The highest BCUT2D eigenvalue weighted by Gasteiger charge is 2.24. The van der Waals surface area contributed by atoms with Gasteiger partial charge in [0.2, 0.25) is 5.91 Å². The van der Waals surface area contributed by atoms with E-state index in [0.717, 1.165) is 23.4 Å². The lowest BCUT2D eigenvalue weighted by molar-refractivity contribution is -0.118. The summed E-state index contributed by atoms with van der Waals surface area (Å²) in [6.45, 7) is 7.31. The molecule has 4 rings (SSSR count). The second kappa shape index (κ2) is 11.5. The number of rotatable bonds is 8. The topological polar surface area (TPSA) is 90.5 Å². The minimum Gasteiger partial charge on any atom is -0.368 e. The van der Waals surface area contributed by atoms with Gasteiger partial charge < -0.3 is 20.4 Å². The molecule has 2 heterocycles. The van der Waals surface area contributed by atoms with Crippen LogP contribution in [0, 0.1) is 0 Å². The maximum atomic E-state index is 13.0. The van der Waals surface area contributed by atoms with Crippen molar-refractivity contribution in [1.82, 2.24) is 20.2 Å². The lowest BCUT2D eigenvalue weighted by atomic mass is 10.1. The molecule has 1 saturated heterocycles. The van der Waals surface area contributed by atoms with Crippen molar-refractivity contribution in [1.29, 1.82) is 0 Å². The van der Waals surface area contributed by atoms with Crippen LogP contribution in [-0.4, -0.2) is 66.0 Å². The maximum Gasteiger partial charge on any atom is 0.253 e. The number of anilines is 2. The number of benzene rings is 2. The number of nitrogens with zero attached hydrogens (tertiary/aromatic N) is 4. The number of hydrogen-bond acceptors (Lipinski definition) is 6. The number of piperazine rings is 1. The minimum absolute atomic E-state index is 0.0612. The summed E-state index contributed by atoms with van der Waals surface area (Å²) in [5, 5.41) is 6.07. The van der Waals surface area contributed by atoms with Crippen molar-refractivity contribution in [2.24, 2.45) is 0 Å². The predicted molar refractivity (Wildman–Crippen MR) is 139 cm³/mol. The standard InChI is InChI=1S/C27H32N6O2/c1-3-21-9-11-23(12-10-21)27(35)33-17-15-32(16-18-33)25-19-24(29-14-13-28-20(2)34)30-26(31-25)22-7-5-4-6-8-22/h4-12,19H,3,13-18H2,1-2H3,(H,28,34)(H,29,30,31). The molecule has 182 valence electrons. The second-order valence-electron chi connectivity index (χ2n) is 8.54. The third kappa shape index (κ3) is 6.35. The Hall–Kier alpha value is -3.94. The SMILES string of the molecule is CCc1ccc(C(=O)N2CCN(c3cc(NCCNC(C)=O)nc(-c4ccccc4)n3)CC2)cc1. The van der Waals surface area contributed by atoms with Crippen LogP contribution in [0.3, 0.4) is 0 Å². The second-order valence-corrected chi connectivity index (χ2v) is 8.54. The zero-order chi connectivity index (χ0) is 24.6. The third-order valence-corrected chi connectivity index (χ3v) is 6.05. The van der Waals surface area contributed by atoms with Gasteiger partial charge in [0.1, 0.15) is 11.6 Å². The summed E-state index contributed by atoms with van der Waals surface area (Å²) in [4.78, 5) is 37.7. The molecule has 0 saturated carbocycles. The van der Waals surface area contributed by atoms with Crippen molar-refractivity contribution in [2.75, 3.05) is 49.5 Å². The van der Waals surface area contributed by atoms with Gasteiger partial charge in [0.05, 0.1) is 0 Å². The Balaban J connectivity index is 1.46. The van der Waals surface area contributed by atoms with E-state index in [0.29, 0.717) is 50.9 Å². The van der Waals surface area contributed by atoms with Gasteiger partial charge in [-0.2, -0.15) is 0 Å². The van der Waals surface area contributed by atoms with E-state index in [-0.39, 0.29) is 11.8 Å². The van der Waals surface area contributed by atoms with E-state index in [1.165, 1.54) is 12.5 Å². The zero-order valence-corrected chi connectivity index (χ0v) is 20.3. The van der Waals surface area contributed by atoms with E-state index in [4.69, 9.17) is 4.98 Å². The Labute approximate surface area is 206 Å². The molecule has 0 spiro atoms. The van der Waals surface area contributed by atoms with Gasteiger partial charge in [-0.3, -0.25) is 9.59 Å². The van der Waals surface area contributed by atoms with Crippen molar-refractivity contribution in [3.05, 3.63) is 71.8 Å². The molecule has 3 aromatic rings. The molecule has 1 fully saturated rings. The molecule has 0 unspecified atom stereocenters. The number of nitrogens with one attached hydrogen (secondary N) is 2. The maximum absolute atomic E-state index is 13.0. The van der Waals surface area contributed by atoms with Gasteiger partial charge in [-0.05, 0) is 24.1 Å². The number of aryl methyl sites for hydroxylation is 1. The van der Waals surface area contributed by atoms with Crippen molar-refractivity contribution in [3.63, 3.8) is 0 Å². The van der Waals surface area contributed by atoms with Gasteiger partial charge >= 0.3 is 0 Å². The molecule has 0 radical (unpaired) electrons. The number of aromatic nitrogens is 2. The molecule has 1 aromatic heterocycles. The first-order chi connectivity index (χ1) is 17.0. The Kier molecular flexibility index (Phi) is 7.92. The van der Waals surface area contributed by atoms with Crippen molar-refractivity contribution >= 4 is 23.5 Å². The summed E-state index contributed by atoms with van der Waals surface area (Å²) >= 11 is 0. The fourth-order valence-corrected chi connectivity index (χ4v) is 4.04. The molecule has 8 heteroatoms. The fourth-order valence-electron chi connectivity index (χ4n) is 4.04. The van der Waals surface area contributed by atoms with Crippen LogP contribution in [0.2, 0.25) is 0 Å². The molecule has 2 N–H and O–H groups in total. The normalized spacial score (nSPS) is 13.4. The van der Waals surface area contributed by atoms with Crippen molar-refractivity contribution in [3.8, 4) is 11.4 Å². The van der Waals surface area contributed by atoms with Gasteiger partial charge in [0.25, 0.3) is 5.91 Å². The molecule has 8 nitrogen and oxygen atoms in total. The molecule has 2 amide bonds. The van der Waals surface area contributed by atoms with Gasteiger partial charge in [-0.25, -0.2) is 9.97 Å². The Morgan fingerprint density at radius 2 is 1.63 bits per heavy atom. The van der Waals surface area contributed by atoms with Crippen LogP contribution >= 0.6 is 0 Å². The van der Waals surface area contributed by atoms with Crippen LogP contribution in [-0.2, 0) is 11.2 Å². The first kappa shape index (κ1) is 24.2. The van der Waals surface area contributed by atoms with Crippen molar-refractivity contribution < 1.29 is 9.59 Å². The van der Waals surface area contributed by atoms with Gasteiger partial charge in [0.15, 0.2) is 5.82 Å². The Morgan fingerprint density at radius 1 is 0.914 bits per heavy atom. The lowest BCUT2D eigenvalue weighted by Crippen LogP contribution is -2.49. The smallest absolute Gasteiger partial charge is 0.253 e. The average Bonchev–Trinajstić information content (AvgIpc) is 2.91. The van der Waals surface area contributed by atoms with E-state index in [1.807, 2.05) is 65.6 Å². The zero-order valence-electron chi connectivity index (χ0n) is 20.3. The van der Waals surface area contributed by atoms with Crippen LogP contribution in [0.15, 0.2) is 60.7 Å². The Morgan fingerprint density at radius 3 is 2.29 bits per heavy atom. The van der Waals surface area contributed by atoms with E-state index >= 15 is 0 Å². The summed E-state index contributed by atoms with van der Waals surface area (Å²) < 4.78 is 0. The number of carbonyl (C=O) groups excluding carboxylic acids is 2. The van der Waals surface area contributed by atoms with Crippen LogP contribution in [0.1, 0.15) is 29.8 Å². The van der Waals surface area contributed by atoms with E-state index in [2.05, 4.69) is 27.4 Å². The monoisotopic (exact) mass is 472 g/mol. The van der Waals surface area contributed by atoms with Crippen LogP contribution in [0.4, 0.5) is 11.6 Å². The first-order valence-electron chi connectivity index (χ1n) is 12.1. The van der Waals surface area contributed by atoms with Gasteiger partial charge in [-0.1, -0.05) is 49.4 Å². The highest BCUT2D eigenvalue weighted by atomic mass is 16.2. The summed E-state index contributed by atoms with van der Waals surface area (Å²) in [5.41, 5.74) is 2.89. The highest BCUT2D eigenvalue weighted by Crippen LogP contribution is 2.24. The molecular weight excluding hydrogens is 440 g/mol. The van der Waals surface area contributed by atoms with Crippen molar-refractivity contribution in [2.45, 2.75) is 20.3 Å². The third-order valence-electron chi connectivity index (χ3n) is 6.05. The van der Waals surface area contributed by atoms with Gasteiger partial charge in [0, 0.05) is 63.4 Å². The quantitative estimate of drug-likeness (QED) is 0.490. The van der Waals surface area contributed by atoms with Crippen LogP contribution < -0.4 is 15.5 Å². The molecule has 0 bridgehead atoms. The van der Waals surface area contributed by atoms with E-state index in [1.54, 1.807) is 0 Å². The lowest BCUT2D eigenvalue weighted by Gasteiger charge is -2.35.